The molecule has 1 aromatic carbocycles. The fraction of sp³-hybridized carbons (Fsp3) is 0.250. The van der Waals surface area contributed by atoms with E-state index in [2.05, 4.69) is 4.18 Å². The molecule has 1 rings (SSSR count). The Balaban J connectivity index is 2.41. The van der Waals surface area contributed by atoms with Gasteiger partial charge in [-0.1, -0.05) is 30.3 Å². The number of benzene rings is 1. The molecule has 0 radical (unpaired) electrons. The molecule has 0 aliphatic heterocycles. The summed E-state index contributed by atoms with van der Waals surface area (Å²) in [5.41, 5.74) is 0.839. The van der Waals surface area contributed by atoms with Crippen molar-refractivity contribution in [3.8, 4) is 0 Å². The van der Waals surface area contributed by atoms with Crippen LogP contribution in [0.15, 0.2) is 30.3 Å². The SMILES string of the molecule is O=PC(OCc1ccccc1)OS(=O)[O-]. The van der Waals surface area contributed by atoms with Gasteiger partial charge in [-0.2, -0.15) is 0 Å². The highest BCUT2D eigenvalue weighted by Gasteiger charge is 2.09. The molecular formula is C8H8O5PS-. The van der Waals surface area contributed by atoms with Gasteiger partial charge < -0.3 is 9.29 Å². The van der Waals surface area contributed by atoms with Crippen LogP contribution in [-0.2, 0) is 31.5 Å². The third-order valence-corrected chi connectivity index (χ3v) is 2.38. The second kappa shape index (κ2) is 6.76. The van der Waals surface area contributed by atoms with Crippen LogP contribution >= 0.6 is 8.46 Å². The largest absolute Gasteiger partial charge is 0.750 e. The third kappa shape index (κ3) is 5.11. The highest BCUT2D eigenvalue weighted by Crippen LogP contribution is 2.13. The zero-order chi connectivity index (χ0) is 11.1. The van der Waals surface area contributed by atoms with Gasteiger partial charge in [-0.15, -0.1) is 0 Å². The van der Waals surface area contributed by atoms with Crippen LogP contribution in [0.3, 0.4) is 0 Å². The Kier molecular flexibility index (Phi) is 5.60. The molecule has 0 aliphatic rings. The maximum Gasteiger partial charge on any atom is 0.254 e. The van der Waals surface area contributed by atoms with Crippen molar-refractivity contribution in [1.82, 2.24) is 0 Å². The molecule has 0 fully saturated rings. The molecule has 0 aromatic heterocycles. The van der Waals surface area contributed by atoms with Crippen molar-refractivity contribution in [2.75, 3.05) is 0 Å². The highest BCUT2D eigenvalue weighted by atomic mass is 32.2. The lowest BCUT2D eigenvalue weighted by Gasteiger charge is -2.12. The molecule has 0 N–H and O–H groups in total. The average Bonchev–Trinajstić information content (AvgIpc) is 2.25. The molecule has 0 aliphatic carbocycles. The molecule has 0 saturated heterocycles. The van der Waals surface area contributed by atoms with Gasteiger partial charge in [0.1, 0.15) is 0 Å². The molecular weight excluding hydrogens is 239 g/mol. The van der Waals surface area contributed by atoms with E-state index in [1.807, 2.05) is 18.2 Å². The maximum atomic E-state index is 10.4. The van der Waals surface area contributed by atoms with Crippen LogP contribution in [-0.4, -0.2) is 14.8 Å². The normalized spacial score (nSPS) is 15.0. The second-order valence-corrected chi connectivity index (χ2v) is 3.74. The highest BCUT2D eigenvalue weighted by molar-refractivity contribution is 7.74. The van der Waals surface area contributed by atoms with Gasteiger partial charge in [-0.3, -0.25) is 8.75 Å². The average molecular weight is 247 g/mol. The number of rotatable bonds is 6. The summed E-state index contributed by atoms with van der Waals surface area (Å²) >= 11 is -2.74. The number of ether oxygens (including phenoxy) is 1. The van der Waals surface area contributed by atoms with E-state index in [1.54, 1.807) is 12.1 Å². The third-order valence-electron chi connectivity index (χ3n) is 1.48. The monoisotopic (exact) mass is 247 g/mol. The van der Waals surface area contributed by atoms with Gasteiger partial charge in [-0.25, -0.2) is 4.21 Å². The molecule has 0 bridgehead atoms. The zero-order valence-electron chi connectivity index (χ0n) is 7.57. The summed E-state index contributed by atoms with van der Waals surface area (Å²) < 4.78 is 39.8. The summed E-state index contributed by atoms with van der Waals surface area (Å²) in [4.78, 5) is 0. The lowest BCUT2D eigenvalue weighted by Crippen LogP contribution is -2.11. The van der Waals surface area contributed by atoms with Gasteiger partial charge in [0.15, 0.2) is 0 Å². The Bertz CT molecular complexity index is 331. The van der Waals surface area contributed by atoms with Gasteiger partial charge in [-0.05, 0) is 5.56 Å². The molecule has 7 heteroatoms. The first kappa shape index (κ1) is 12.4. The molecule has 82 valence electrons. The van der Waals surface area contributed by atoms with E-state index in [9.17, 15) is 13.3 Å². The zero-order valence-corrected chi connectivity index (χ0v) is 9.28. The Morgan fingerprint density at radius 3 is 2.60 bits per heavy atom. The first-order valence-electron chi connectivity index (χ1n) is 3.97. The maximum absolute atomic E-state index is 10.4. The lowest BCUT2D eigenvalue weighted by atomic mass is 10.2. The molecule has 2 unspecified atom stereocenters. The standard InChI is InChI=1S/C8H9O5PS/c9-14-8(13-15(10)11)12-6-7-4-2-1-3-5-7/h1-5,8H,6H2,(H,10,11)/p-1. The lowest BCUT2D eigenvalue weighted by molar-refractivity contribution is -0.0261. The van der Waals surface area contributed by atoms with Crippen molar-refractivity contribution in [3.05, 3.63) is 35.9 Å². The second-order valence-electron chi connectivity index (χ2n) is 2.51. The summed E-state index contributed by atoms with van der Waals surface area (Å²) in [6, 6.07) is 7.78. The van der Waals surface area contributed by atoms with Crippen LogP contribution in [0.25, 0.3) is 0 Å². The van der Waals surface area contributed by atoms with Gasteiger partial charge in [0.25, 0.3) is 6.03 Å². The first-order chi connectivity index (χ1) is 7.22. The molecule has 15 heavy (non-hydrogen) atoms. The summed E-state index contributed by atoms with van der Waals surface area (Å²) in [6.45, 7) is 0.137. The Labute approximate surface area is 91.1 Å². The fourth-order valence-corrected chi connectivity index (χ4v) is 1.56. The minimum Gasteiger partial charge on any atom is -0.750 e. The summed E-state index contributed by atoms with van der Waals surface area (Å²) in [5, 5.41) is 0. The van der Waals surface area contributed by atoms with Crippen LogP contribution < -0.4 is 0 Å². The summed E-state index contributed by atoms with van der Waals surface area (Å²) in [5.74, 6) is 0. The van der Waals surface area contributed by atoms with Gasteiger partial charge in [0.2, 0.25) is 8.46 Å². The molecule has 0 spiro atoms. The first-order valence-corrected chi connectivity index (χ1v) is 5.85. The van der Waals surface area contributed by atoms with E-state index in [4.69, 9.17) is 4.74 Å². The van der Waals surface area contributed by atoms with Crippen molar-refractivity contribution in [2.45, 2.75) is 12.6 Å². The van der Waals surface area contributed by atoms with Crippen LogP contribution in [0.4, 0.5) is 0 Å². The minimum atomic E-state index is -2.74. The topological polar surface area (TPSA) is 75.7 Å². The van der Waals surface area contributed by atoms with Gasteiger partial charge in [0.05, 0.1) is 18.0 Å². The van der Waals surface area contributed by atoms with E-state index in [0.29, 0.717) is 0 Å². The van der Waals surface area contributed by atoms with Crippen molar-refractivity contribution < 1.29 is 22.2 Å². The Hall–Kier alpha value is -0.650. The van der Waals surface area contributed by atoms with Crippen LogP contribution in [0.1, 0.15) is 5.56 Å². The van der Waals surface area contributed by atoms with E-state index in [-0.39, 0.29) is 6.61 Å². The molecule has 2 atom stereocenters. The van der Waals surface area contributed by atoms with E-state index in [1.165, 1.54) is 0 Å². The van der Waals surface area contributed by atoms with Crippen LogP contribution in [0.5, 0.6) is 0 Å². The van der Waals surface area contributed by atoms with E-state index >= 15 is 0 Å². The predicted octanol–water partition coefficient (Wildman–Crippen LogP) is 1.59. The molecule has 0 heterocycles. The summed E-state index contributed by atoms with van der Waals surface area (Å²) in [6.07, 6.45) is 0. The van der Waals surface area contributed by atoms with Gasteiger partial charge >= 0.3 is 0 Å². The predicted molar refractivity (Wildman–Crippen MR) is 52.6 cm³/mol. The van der Waals surface area contributed by atoms with Crippen molar-refractivity contribution in [3.63, 3.8) is 0 Å². The van der Waals surface area contributed by atoms with E-state index < -0.39 is 25.9 Å². The van der Waals surface area contributed by atoms with Crippen molar-refractivity contribution in [1.29, 1.82) is 0 Å². The number of hydrogen-bond acceptors (Lipinski definition) is 5. The fourth-order valence-electron chi connectivity index (χ4n) is 0.885. The van der Waals surface area contributed by atoms with Crippen LogP contribution in [0.2, 0.25) is 0 Å². The quantitative estimate of drug-likeness (QED) is 0.433. The summed E-state index contributed by atoms with van der Waals surface area (Å²) in [7, 11) is -0.532. The van der Waals surface area contributed by atoms with Crippen molar-refractivity contribution >= 4 is 19.8 Å². The molecule has 0 saturated carbocycles. The molecule has 1 aromatic rings. The minimum absolute atomic E-state index is 0.137. The number of hydrogen-bond donors (Lipinski definition) is 0. The van der Waals surface area contributed by atoms with Gasteiger partial charge in [0, 0.05) is 0 Å². The van der Waals surface area contributed by atoms with E-state index in [0.717, 1.165) is 5.56 Å². The Morgan fingerprint density at radius 2 is 2.07 bits per heavy atom. The van der Waals surface area contributed by atoms with Crippen molar-refractivity contribution in [2.24, 2.45) is 0 Å². The van der Waals surface area contributed by atoms with Crippen LogP contribution in [0, 0.1) is 0 Å². The smallest absolute Gasteiger partial charge is 0.254 e. The Morgan fingerprint density at radius 1 is 1.40 bits per heavy atom. The molecule has 5 nitrogen and oxygen atoms in total. The molecule has 0 amide bonds.